The van der Waals surface area contributed by atoms with Gasteiger partial charge in [-0.1, -0.05) is 64.3 Å². The smallest absolute Gasteiger partial charge is 0.333 e. The van der Waals surface area contributed by atoms with Crippen LogP contribution in [0.2, 0.25) is 0 Å². The number of rotatable bonds is 19. The summed E-state index contributed by atoms with van der Waals surface area (Å²) in [5.74, 6) is 2.29. The highest BCUT2D eigenvalue weighted by molar-refractivity contribution is 5.87. The lowest BCUT2D eigenvalue weighted by Crippen LogP contribution is -2.31. The molecule has 3 rings (SSSR count). The zero-order chi connectivity index (χ0) is 33.5. The second-order valence-corrected chi connectivity index (χ2v) is 14.0. The van der Waals surface area contributed by atoms with Crippen molar-refractivity contribution in [3.63, 3.8) is 0 Å². The fraction of sp³-hybridized carbons (Fsp3) is 0.692. The Morgan fingerprint density at radius 3 is 1.74 bits per heavy atom. The molecule has 2 aliphatic carbocycles. The van der Waals surface area contributed by atoms with E-state index in [0.29, 0.717) is 75.4 Å². The molecule has 2 N–H and O–H groups in total. The molecule has 2 saturated carbocycles. The van der Waals surface area contributed by atoms with E-state index in [2.05, 4.69) is 25.3 Å². The van der Waals surface area contributed by atoms with Crippen LogP contribution in [0.4, 0.5) is 0 Å². The fourth-order valence-corrected chi connectivity index (χ4v) is 7.18. The van der Waals surface area contributed by atoms with Gasteiger partial charge in [-0.05, 0) is 112 Å². The Hall–Kier alpha value is -2.64. The Balaban J connectivity index is 1.85. The lowest BCUT2D eigenvalue weighted by molar-refractivity contribution is -0.139. The number of hydrogen-bond donors (Lipinski definition) is 2. The number of ether oxygens (including phenoxy) is 3. The summed E-state index contributed by atoms with van der Waals surface area (Å²) in [5.41, 5.74) is 3.69. The van der Waals surface area contributed by atoms with Crippen molar-refractivity contribution in [2.45, 2.75) is 123 Å². The number of benzene rings is 1. The van der Waals surface area contributed by atoms with E-state index < -0.39 is 5.41 Å². The molecule has 2 fully saturated rings. The zero-order valence-corrected chi connectivity index (χ0v) is 28.9. The maximum Gasteiger partial charge on any atom is 0.333 e. The van der Waals surface area contributed by atoms with E-state index >= 15 is 0 Å². The lowest BCUT2D eigenvalue weighted by atomic mass is 9.69. The first-order valence-electron chi connectivity index (χ1n) is 17.8. The molecule has 0 saturated heterocycles. The predicted molar refractivity (Wildman–Crippen MR) is 183 cm³/mol. The minimum atomic E-state index is -0.593. The van der Waals surface area contributed by atoms with Crippen LogP contribution >= 0.6 is 0 Å². The van der Waals surface area contributed by atoms with Crippen LogP contribution in [0.25, 0.3) is 0 Å². The van der Waals surface area contributed by atoms with Crippen LogP contribution in [-0.4, -0.2) is 55.2 Å². The minimum absolute atomic E-state index is 0.103. The number of aryl methyl sites for hydroxylation is 2. The first-order chi connectivity index (χ1) is 22.1. The van der Waals surface area contributed by atoms with Gasteiger partial charge in [-0.3, -0.25) is 0 Å². The highest BCUT2D eigenvalue weighted by Crippen LogP contribution is 2.44. The molecule has 0 radical (unpaired) electrons. The van der Waals surface area contributed by atoms with Crippen molar-refractivity contribution in [1.82, 2.24) is 0 Å². The average Bonchev–Trinajstić information content (AvgIpc) is 3.07. The molecule has 0 aromatic heterocycles. The van der Waals surface area contributed by atoms with Crippen LogP contribution in [0.3, 0.4) is 0 Å². The summed E-state index contributed by atoms with van der Waals surface area (Å²) in [7, 11) is 0. The number of esters is 2. The van der Waals surface area contributed by atoms with Crippen LogP contribution in [0, 0.1) is 17.3 Å². The number of aliphatic hydroxyl groups is 2. The Morgan fingerprint density at radius 2 is 1.28 bits per heavy atom. The fourth-order valence-electron chi connectivity index (χ4n) is 7.18. The summed E-state index contributed by atoms with van der Waals surface area (Å²) in [6.45, 7) is 13.4. The molecule has 0 atom stereocenters. The van der Waals surface area contributed by atoms with Crippen LogP contribution in [-0.2, 0) is 31.9 Å². The van der Waals surface area contributed by atoms with Crippen molar-refractivity contribution in [2.75, 3.05) is 33.0 Å². The van der Waals surface area contributed by atoms with Gasteiger partial charge in [0.25, 0.3) is 0 Å². The number of carbonyl (C=O) groups is 2. The molecule has 0 amide bonds. The maximum absolute atomic E-state index is 12.0. The van der Waals surface area contributed by atoms with Crippen LogP contribution in [0.15, 0.2) is 36.4 Å². The third-order valence-electron chi connectivity index (χ3n) is 10.5. The Bertz CT molecular complexity index is 1070. The molecule has 0 spiro atoms. The molecule has 0 bridgehead atoms. The standard InChI is InChI=1S/C39H60O7/c1-6-39(26-40,27-41)20-23-44-36-33(14-10-21-45-37(42)28(2)3)24-35(25-34(36)15-11-22-46-38(43)29(4)5)32-18-16-31(17-19-32)30-12-8-7-9-13-30/h24-25,30-32,40-41H,2,4,6-23,26-27H2,1,3,5H3. The van der Waals surface area contributed by atoms with E-state index in [4.69, 9.17) is 14.2 Å². The van der Waals surface area contributed by atoms with Gasteiger partial charge in [0.2, 0.25) is 0 Å². The normalized spacial score (nSPS) is 19.0. The molecule has 1 aromatic carbocycles. The van der Waals surface area contributed by atoms with Gasteiger partial charge in [0.05, 0.1) is 33.0 Å². The molecule has 0 aliphatic heterocycles. The summed E-state index contributed by atoms with van der Waals surface area (Å²) in [6.07, 6.45) is 15.7. The van der Waals surface area contributed by atoms with E-state index in [1.807, 2.05) is 6.92 Å². The van der Waals surface area contributed by atoms with E-state index in [1.54, 1.807) is 13.8 Å². The topological polar surface area (TPSA) is 102 Å². The number of aliphatic hydroxyl groups excluding tert-OH is 2. The van der Waals surface area contributed by atoms with E-state index in [1.165, 1.54) is 63.4 Å². The molecule has 7 nitrogen and oxygen atoms in total. The summed E-state index contributed by atoms with van der Waals surface area (Å²) in [5, 5.41) is 20.0. The minimum Gasteiger partial charge on any atom is -0.493 e. The highest BCUT2D eigenvalue weighted by Gasteiger charge is 2.30. The van der Waals surface area contributed by atoms with Gasteiger partial charge in [0.1, 0.15) is 5.75 Å². The van der Waals surface area contributed by atoms with Crippen molar-refractivity contribution in [1.29, 1.82) is 0 Å². The molecule has 0 unspecified atom stereocenters. The average molecular weight is 641 g/mol. The molecule has 0 heterocycles. The molecule has 258 valence electrons. The van der Waals surface area contributed by atoms with Gasteiger partial charge in [0, 0.05) is 16.6 Å². The van der Waals surface area contributed by atoms with Gasteiger partial charge < -0.3 is 24.4 Å². The van der Waals surface area contributed by atoms with Gasteiger partial charge in [0.15, 0.2) is 0 Å². The lowest BCUT2D eigenvalue weighted by Gasteiger charge is -2.36. The van der Waals surface area contributed by atoms with E-state index in [-0.39, 0.29) is 25.2 Å². The van der Waals surface area contributed by atoms with Crippen molar-refractivity contribution in [3.05, 3.63) is 53.1 Å². The highest BCUT2D eigenvalue weighted by atomic mass is 16.5. The van der Waals surface area contributed by atoms with Crippen LogP contribution in [0.5, 0.6) is 5.75 Å². The third kappa shape index (κ3) is 11.3. The van der Waals surface area contributed by atoms with Crippen molar-refractivity contribution in [3.8, 4) is 5.75 Å². The van der Waals surface area contributed by atoms with Gasteiger partial charge in [-0.15, -0.1) is 0 Å². The maximum atomic E-state index is 12.0. The first kappa shape index (κ1) is 37.8. The Labute approximate surface area is 277 Å². The van der Waals surface area contributed by atoms with Gasteiger partial charge in [-0.25, -0.2) is 9.59 Å². The second-order valence-electron chi connectivity index (χ2n) is 14.0. The SMILES string of the molecule is C=C(C)C(=O)OCCCc1cc(C2CCC(C3CCCCC3)CC2)cc(CCCOC(=O)C(=C)C)c1OCCC(CC)(CO)CO. The molecular formula is C39H60O7. The Kier molecular flexibility index (Phi) is 15.8. The summed E-state index contributed by atoms with van der Waals surface area (Å²) >= 11 is 0. The largest absolute Gasteiger partial charge is 0.493 e. The quantitative estimate of drug-likeness (QED) is 0.0904. The van der Waals surface area contributed by atoms with Gasteiger partial charge >= 0.3 is 11.9 Å². The first-order valence-corrected chi connectivity index (χ1v) is 17.8. The number of carbonyl (C=O) groups excluding carboxylic acids is 2. The zero-order valence-electron chi connectivity index (χ0n) is 28.9. The molecule has 2 aliphatic rings. The molecule has 46 heavy (non-hydrogen) atoms. The van der Waals surface area contributed by atoms with E-state index in [9.17, 15) is 19.8 Å². The van der Waals surface area contributed by atoms with Crippen molar-refractivity contribution in [2.24, 2.45) is 17.3 Å². The third-order valence-corrected chi connectivity index (χ3v) is 10.5. The monoisotopic (exact) mass is 640 g/mol. The molecule has 1 aromatic rings. The Morgan fingerprint density at radius 1 is 0.783 bits per heavy atom. The van der Waals surface area contributed by atoms with Crippen LogP contribution in [0.1, 0.15) is 127 Å². The van der Waals surface area contributed by atoms with Crippen molar-refractivity contribution >= 4 is 11.9 Å². The van der Waals surface area contributed by atoms with Crippen LogP contribution < -0.4 is 4.74 Å². The molecular weight excluding hydrogens is 580 g/mol. The molecule has 7 heteroatoms. The predicted octanol–water partition coefficient (Wildman–Crippen LogP) is 7.79. The number of hydrogen-bond acceptors (Lipinski definition) is 7. The summed E-state index contributed by atoms with van der Waals surface area (Å²) in [6, 6.07) is 4.61. The van der Waals surface area contributed by atoms with Crippen molar-refractivity contribution < 1.29 is 34.0 Å². The van der Waals surface area contributed by atoms with Gasteiger partial charge in [-0.2, -0.15) is 0 Å². The van der Waals surface area contributed by atoms with E-state index in [0.717, 1.165) is 28.7 Å². The second kappa shape index (κ2) is 19.2. The summed E-state index contributed by atoms with van der Waals surface area (Å²) < 4.78 is 17.4. The summed E-state index contributed by atoms with van der Waals surface area (Å²) in [4.78, 5) is 24.0.